The van der Waals surface area contributed by atoms with Crippen molar-refractivity contribution in [3.8, 4) is 0 Å². The van der Waals surface area contributed by atoms with Crippen molar-refractivity contribution in [1.82, 2.24) is 0 Å². The van der Waals surface area contributed by atoms with Gasteiger partial charge in [0.15, 0.2) is 0 Å². The van der Waals surface area contributed by atoms with Crippen molar-refractivity contribution in [3.63, 3.8) is 0 Å². The number of hydrogen-bond donors (Lipinski definition) is 0. The molecule has 0 atom stereocenters. The van der Waals surface area contributed by atoms with Gasteiger partial charge in [-0.05, 0) is 0 Å². The van der Waals surface area contributed by atoms with Gasteiger partial charge in [0.1, 0.15) is 0 Å². The van der Waals surface area contributed by atoms with Crippen molar-refractivity contribution in [1.29, 1.82) is 0 Å². The molecular weight excluding hydrogens is 219 g/mol. The van der Waals surface area contributed by atoms with Gasteiger partial charge in [-0.3, -0.25) is 0 Å². The summed E-state index contributed by atoms with van der Waals surface area (Å²) in [4.78, 5) is 0. The van der Waals surface area contributed by atoms with E-state index in [1.165, 1.54) is 0 Å². The molecule has 0 aliphatic heterocycles. The molecule has 0 fully saturated rings. The van der Waals surface area contributed by atoms with Crippen LogP contribution in [0.3, 0.4) is 0 Å². The first-order valence-corrected chi connectivity index (χ1v) is 0. The van der Waals surface area contributed by atoms with E-state index < -0.39 is 0 Å². The third-order valence-electron chi connectivity index (χ3n) is 0. The summed E-state index contributed by atoms with van der Waals surface area (Å²) in [6, 6.07) is 0. The molecule has 6 heavy (non-hydrogen) atoms. The minimum atomic E-state index is 0. The van der Waals surface area contributed by atoms with Crippen LogP contribution in [-0.4, -0.2) is 27.4 Å². The molecule has 0 spiro atoms. The monoisotopic (exact) mass is 229 g/mol. The SMILES string of the molecule is O.O.O.O.O.[La]. The zero-order valence-electron chi connectivity index (χ0n) is 3.08. The van der Waals surface area contributed by atoms with Gasteiger partial charge in [0.05, 0.1) is 0 Å². The molecule has 0 bridgehead atoms. The van der Waals surface area contributed by atoms with Crippen LogP contribution in [0.4, 0.5) is 0 Å². The maximum Gasteiger partial charge on any atom is 0 e. The van der Waals surface area contributed by atoms with Crippen LogP contribution < -0.4 is 0 Å². The Balaban J connectivity index is 0. The van der Waals surface area contributed by atoms with Gasteiger partial charge in [0, 0.05) is 35.6 Å². The van der Waals surface area contributed by atoms with Gasteiger partial charge in [0.25, 0.3) is 0 Å². The van der Waals surface area contributed by atoms with Gasteiger partial charge in [-0.1, -0.05) is 0 Å². The van der Waals surface area contributed by atoms with Crippen molar-refractivity contribution >= 4 is 0 Å². The Hall–Kier alpha value is 0.995. The molecule has 0 aliphatic carbocycles. The molecule has 5 nitrogen and oxygen atoms in total. The standard InChI is InChI=1S/La.5H2O/h;5*1H2. The van der Waals surface area contributed by atoms with Crippen LogP contribution in [0.15, 0.2) is 0 Å². The summed E-state index contributed by atoms with van der Waals surface area (Å²) in [6.07, 6.45) is 0. The Morgan fingerprint density at radius 3 is 0.333 bits per heavy atom. The molecular formula is H10LaO5. The first kappa shape index (κ1) is 254. The molecule has 0 aromatic rings. The molecule has 0 heterocycles. The second kappa shape index (κ2) is 151. The zero-order chi connectivity index (χ0) is 0. The van der Waals surface area contributed by atoms with Gasteiger partial charge in [-0.25, -0.2) is 0 Å². The average Bonchev–Trinajstić information content (AvgIpc) is 0. The molecule has 0 saturated heterocycles. The fraction of sp³-hybridized carbons (Fsp3) is 0. The van der Waals surface area contributed by atoms with Crippen molar-refractivity contribution in [2.24, 2.45) is 0 Å². The molecule has 0 saturated carbocycles. The summed E-state index contributed by atoms with van der Waals surface area (Å²) < 4.78 is 0. The van der Waals surface area contributed by atoms with E-state index in [0.717, 1.165) is 0 Å². The molecule has 6 heteroatoms. The van der Waals surface area contributed by atoms with E-state index in [1.807, 2.05) is 0 Å². The smallest absolute Gasteiger partial charge is 0 e. The van der Waals surface area contributed by atoms with Crippen molar-refractivity contribution in [2.45, 2.75) is 0 Å². The van der Waals surface area contributed by atoms with Gasteiger partial charge in [0.2, 0.25) is 0 Å². The molecule has 0 rings (SSSR count). The minimum Gasteiger partial charge on any atom is -0.412 e. The average molecular weight is 229 g/mol. The summed E-state index contributed by atoms with van der Waals surface area (Å²) in [5.74, 6) is 0. The van der Waals surface area contributed by atoms with E-state index in [4.69, 9.17) is 0 Å². The van der Waals surface area contributed by atoms with Crippen LogP contribution in [0, 0.1) is 35.6 Å². The van der Waals surface area contributed by atoms with Gasteiger partial charge in [-0.2, -0.15) is 0 Å². The predicted octanol–water partition coefficient (Wildman–Crippen LogP) is -4.12. The van der Waals surface area contributed by atoms with E-state index in [9.17, 15) is 0 Å². The largest absolute Gasteiger partial charge is 0.412 e. The quantitative estimate of drug-likeness (QED) is 0.395. The Bertz CT molecular complexity index is 3.90. The fourth-order valence-electron chi connectivity index (χ4n) is 0. The molecule has 10 N–H and O–H groups in total. The van der Waals surface area contributed by atoms with Crippen LogP contribution in [0.2, 0.25) is 0 Å². The Kier molecular flexibility index (Phi) is 6400. The fourth-order valence-corrected chi connectivity index (χ4v) is 0. The van der Waals surface area contributed by atoms with Crippen molar-refractivity contribution in [2.75, 3.05) is 0 Å². The number of hydrogen-bond acceptors (Lipinski definition) is 0. The maximum absolute atomic E-state index is 0. The summed E-state index contributed by atoms with van der Waals surface area (Å²) in [6.45, 7) is 0. The van der Waals surface area contributed by atoms with E-state index in [1.54, 1.807) is 0 Å². The Morgan fingerprint density at radius 1 is 0.333 bits per heavy atom. The molecule has 0 amide bonds. The topological polar surface area (TPSA) is 158 Å². The maximum atomic E-state index is 0. The number of rotatable bonds is 0. The van der Waals surface area contributed by atoms with E-state index in [0.29, 0.717) is 0 Å². The normalized spacial score (nSPS) is 0. The van der Waals surface area contributed by atoms with E-state index >= 15 is 0 Å². The third-order valence-corrected chi connectivity index (χ3v) is 0. The van der Waals surface area contributed by atoms with E-state index in [2.05, 4.69) is 0 Å². The predicted molar refractivity (Wildman–Crippen MR) is 18.1 cm³/mol. The molecule has 1 radical (unpaired) electrons. The second-order valence-electron chi connectivity index (χ2n) is 0. The summed E-state index contributed by atoms with van der Waals surface area (Å²) in [5.41, 5.74) is 0. The second-order valence-corrected chi connectivity index (χ2v) is 0. The van der Waals surface area contributed by atoms with Crippen LogP contribution in [0.25, 0.3) is 0 Å². The Morgan fingerprint density at radius 2 is 0.333 bits per heavy atom. The van der Waals surface area contributed by atoms with Crippen LogP contribution in [0.1, 0.15) is 0 Å². The molecule has 43 valence electrons. The van der Waals surface area contributed by atoms with E-state index in [-0.39, 0.29) is 63.0 Å². The molecule has 0 aromatic carbocycles. The van der Waals surface area contributed by atoms with Crippen LogP contribution >= 0.6 is 0 Å². The van der Waals surface area contributed by atoms with Crippen LogP contribution in [0.5, 0.6) is 0 Å². The Labute approximate surface area is 62.9 Å². The molecule has 0 aliphatic rings. The summed E-state index contributed by atoms with van der Waals surface area (Å²) >= 11 is 0. The zero-order valence-corrected chi connectivity index (χ0v) is 6.70. The van der Waals surface area contributed by atoms with Crippen molar-refractivity contribution in [3.05, 3.63) is 0 Å². The third kappa shape index (κ3) is 80.5. The van der Waals surface area contributed by atoms with Gasteiger partial charge >= 0.3 is 0 Å². The molecule has 0 aromatic heterocycles. The first-order valence-electron chi connectivity index (χ1n) is 0. The van der Waals surface area contributed by atoms with Crippen LogP contribution in [-0.2, 0) is 0 Å². The molecule has 0 unspecified atom stereocenters. The summed E-state index contributed by atoms with van der Waals surface area (Å²) in [5, 5.41) is 0. The first-order chi connectivity index (χ1) is 0. The van der Waals surface area contributed by atoms with Gasteiger partial charge < -0.3 is 27.4 Å². The minimum absolute atomic E-state index is 0. The summed E-state index contributed by atoms with van der Waals surface area (Å²) in [7, 11) is 0. The van der Waals surface area contributed by atoms with Gasteiger partial charge in [-0.15, -0.1) is 0 Å². The van der Waals surface area contributed by atoms with Crippen molar-refractivity contribution < 1.29 is 63.0 Å².